The third-order valence-corrected chi connectivity index (χ3v) is 5.83. The van der Waals surface area contributed by atoms with Crippen LogP contribution in [0.5, 0.6) is 17.2 Å². The molecule has 3 rings (SSSR count). The summed E-state index contributed by atoms with van der Waals surface area (Å²) in [5.74, 6) is 1.84. The van der Waals surface area contributed by atoms with Gasteiger partial charge >= 0.3 is 0 Å². The first kappa shape index (κ1) is 24.6. The topological polar surface area (TPSA) is 80.2 Å². The zero-order valence-electron chi connectivity index (χ0n) is 19.7. The van der Waals surface area contributed by atoms with E-state index in [2.05, 4.69) is 36.5 Å². The Bertz CT molecular complexity index is 1010. The zero-order valence-corrected chi connectivity index (χ0v) is 19.7. The largest absolute Gasteiger partial charge is 0.496 e. The Hall–Kier alpha value is -3.06. The number of nitrogens with one attached hydrogen (secondary N) is 1. The summed E-state index contributed by atoms with van der Waals surface area (Å²) in [5.41, 5.74) is 5.42. The molecule has 0 heterocycles. The van der Waals surface area contributed by atoms with Gasteiger partial charge in [-0.1, -0.05) is 48.5 Å². The molecule has 3 N–H and O–H groups in total. The zero-order chi connectivity index (χ0) is 23.8. The van der Waals surface area contributed by atoms with Crippen LogP contribution in [0.25, 0.3) is 11.1 Å². The molecule has 0 bridgehead atoms. The normalized spacial score (nSPS) is 12.8. The Morgan fingerprint density at radius 1 is 0.939 bits per heavy atom. The van der Waals surface area contributed by atoms with Crippen molar-refractivity contribution >= 4 is 0 Å². The minimum atomic E-state index is -0.690. The first-order valence-corrected chi connectivity index (χ1v) is 11.0. The molecule has 0 aliphatic heterocycles. The summed E-state index contributed by atoms with van der Waals surface area (Å²) in [4.78, 5) is 0. The molecule has 0 fully saturated rings. The molecular formula is C27H33NO5. The molecule has 0 spiro atoms. The van der Waals surface area contributed by atoms with E-state index in [0.29, 0.717) is 30.4 Å². The third kappa shape index (κ3) is 6.05. The number of hydrogen-bond acceptors (Lipinski definition) is 6. The van der Waals surface area contributed by atoms with Gasteiger partial charge < -0.3 is 29.7 Å². The molecule has 0 radical (unpaired) electrons. The fraction of sp³-hybridized carbons (Fsp3) is 0.333. The van der Waals surface area contributed by atoms with Crippen LogP contribution in [0, 0.1) is 6.92 Å². The van der Waals surface area contributed by atoms with Crippen molar-refractivity contribution in [2.45, 2.75) is 39.1 Å². The van der Waals surface area contributed by atoms with Crippen LogP contribution in [0.3, 0.4) is 0 Å². The highest BCUT2D eigenvalue weighted by atomic mass is 16.5. The van der Waals surface area contributed by atoms with Gasteiger partial charge in [0.2, 0.25) is 0 Å². The van der Waals surface area contributed by atoms with Gasteiger partial charge in [-0.3, -0.25) is 0 Å². The highest BCUT2D eigenvalue weighted by Crippen LogP contribution is 2.35. The summed E-state index contributed by atoms with van der Waals surface area (Å²) in [6, 6.07) is 19.7. The van der Waals surface area contributed by atoms with Crippen molar-refractivity contribution in [1.29, 1.82) is 0 Å². The van der Waals surface area contributed by atoms with Gasteiger partial charge in [0, 0.05) is 18.7 Å². The highest BCUT2D eigenvalue weighted by Gasteiger charge is 2.18. The molecule has 0 saturated heterocycles. The van der Waals surface area contributed by atoms with Crippen molar-refractivity contribution in [3.8, 4) is 28.4 Å². The number of aliphatic hydroxyl groups excluding tert-OH is 2. The Morgan fingerprint density at radius 3 is 2.18 bits per heavy atom. The molecule has 2 atom stereocenters. The van der Waals surface area contributed by atoms with E-state index in [4.69, 9.17) is 14.2 Å². The Labute approximate surface area is 195 Å². The van der Waals surface area contributed by atoms with E-state index < -0.39 is 12.1 Å². The quantitative estimate of drug-likeness (QED) is 0.408. The first-order valence-electron chi connectivity index (χ1n) is 11.0. The number of aliphatic hydroxyl groups is 2. The summed E-state index contributed by atoms with van der Waals surface area (Å²) in [6.07, 6.45) is -0.690. The van der Waals surface area contributed by atoms with Crippen molar-refractivity contribution in [3.63, 3.8) is 0 Å². The molecule has 6 nitrogen and oxygen atoms in total. The number of methoxy groups -OCH3 is 2. The average Bonchev–Trinajstić information content (AvgIpc) is 2.84. The number of rotatable bonds is 11. The third-order valence-electron chi connectivity index (χ3n) is 5.83. The fourth-order valence-corrected chi connectivity index (χ4v) is 3.77. The number of benzene rings is 3. The van der Waals surface area contributed by atoms with Crippen molar-refractivity contribution in [2.75, 3.05) is 20.8 Å². The van der Waals surface area contributed by atoms with E-state index in [1.165, 1.54) is 16.7 Å². The minimum Gasteiger partial charge on any atom is -0.496 e. The lowest BCUT2D eigenvalue weighted by Crippen LogP contribution is -2.40. The van der Waals surface area contributed by atoms with Gasteiger partial charge in [0.25, 0.3) is 0 Å². The minimum absolute atomic E-state index is 0.176. The highest BCUT2D eigenvalue weighted by molar-refractivity contribution is 5.68. The first-order chi connectivity index (χ1) is 16.0. The molecule has 33 heavy (non-hydrogen) atoms. The Balaban J connectivity index is 1.79. The maximum Gasteiger partial charge on any atom is 0.130 e. The number of hydrogen-bond donors (Lipinski definition) is 3. The second kappa shape index (κ2) is 11.7. The van der Waals surface area contributed by atoms with E-state index in [1.54, 1.807) is 21.1 Å². The fourth-order valence-electron chi connectivity index (χ4n) is 3.77. The molecule has 0 saturated carbocycles. The van der Waals surface area contributed by atoms with Gasteiger partial charge in [-0.25, -0.2) is 0 Å². The van der Waals surface area contributed by atoms with Crippen LogP contribution in [0.2, 0.25) is 0 Å². The van der Waals surface area contributed by atoms with Crippen LogP contribution in [0.4, 0.5) is 0 Å². The molecule has 0 unspecified atom stereocenters. The van der Waals surface area contributed by atoms with Gasteiger partial charge in [-0.15, -0.1) is 0 Å². The summed E-state index contributed by atoms with van der Waals surface area (Å²) >= 11 is 0. The standard InChI is InChI=1S/C27H33NO5/c1-18-21(11-8-12-23(18)20-9-6-5-7-10-20)17-33-22-13-26(31-3)24(27(14-22)32-4)15-28-25(16-29)19(2)30/h5-14,19,25,28-30H,15-17H2,1-4H3/t19-,25+/m0/s1. The maximum atomic E-state index is 9.78. The van der Waals surface area contributed by atoms with Crippen LogP contribution in [-0.4, -0.2) is 43.2 Å². The van der Waals surface area contributed by atoms with Gasteiger partial charge in [-0.2, -0.15) is 0 Å². The molecule has 176 valence electrons. The van der Waals surface area contributed by atoms with Gasteiger partial charge in [0.15, 0.2) is 0 Å². The summed E-state index contributed by atoms with van der Waals surface area (Å²) in [6.45, 7) is 4.33. The van der Waals surface area contributed by atoms with E-state index in [1.807, 2.05) is 36.4 Å². The summed E-state index contributed by atoms with van der Waals surface area (Å²) in [7, 11) is 3.18. The molecule has 0 aliphatic rings. The molecule has 3 aromatic rings. The van der Waals surface area contributed by atoms with Crippen LogP contribution in [0.1, 0.15) is 23.6 Å². The Morgan fingerprint density at radius 2 is 1.61 bits per heavy atom. The SMILES string of the molecule is COc1cc(OCc2cccc(-c3ccccc3)c2C)cc(OC)c1CN[C@H](CO)[C@H](C)O. The molecular weight excluding hydrogens is 418 g/mol. The monoisotopic (exact) mass is 451 g/mol. The lowest BCUT2D eigenvalue weighted by atomic mass is 9.97. The van der Waals surface area contributed by atoms with Crippen LogP contribution in [0.15, 0.2) is 60.7 Å². The van der Waals surface area contributed by atoms with E-state index in [0.717, 1.165) is 11.1 Å². The van der Waals surface area contributed by atoms with E-state index in [-0.39, 0.29) is 6.61 Å². The Kier molecular flexibility index (Phi) is 8.72. The van der Waals surface area contributed by atoms with Crippen LogP contribution >= 0.6 is 0 Å². The molecule has 3 aromatic carbocycles. The van der Waals surface area contributed by atoms with Crippen LogP contribution < -0.4 is 19.5 Å². The predicted molar refractivity (Wildman–Crippen MR) is 130 cm³/mol. The van der Waals surface area contributed by atoms with Crippen molar-refractivity contribution in [1.82, 2.24) is 5.32 Å². The van der Waals surface area contributed by atoms with Gasteiger partial charge in [0.1, 0.15) is 23.9 Å². The molecule has 6 heteroatoms. The second-order valence-electron chi connectivity index (χ2n) is 7.96. The summed E-state index contributed by atoms with van der Waals surface area (Å²) in [5, 5.41) is 22.4. The van der Waals surface area contributed by atoms with Crippen molar-refractivity contribution < 1.29 is 24.4 Å². The maximum absolute atomic E-state index is 9.78. The van der Waals surface area contributed by atoms with Crippen molar-refractivity contribution in [2.24, 2.45) is 0 Å². The summed E-state index contributed by atoms with van der Waals surface area (Å²) < 4.78 is 17.3. The van der Waals surface area contributed by atoms with Crippen molar-refractivity contribution in [3.05, 3.63) is 77.4 Å². The second-order valence-corrected chi connectivity index (χ2v) is 7.96. The average molecular weight is 452 g/mol. The smallest absolute Gasteiger partial charge is 0.130 e. The molecule has 0 aliphatic carbocycles. The lowest BCUT2D eigenvalue weighted by Gasteiger charge is -2.21. The lowest BCUT2D eigenvalue weighted by molar-refractivity contribution is 0.102. The number of ether oxygens (including phenoxy) is 3. The molecule has 0 aromatic heterocycles. The van der Waals surface area contributed by atoms with E-state index >= 15 is 0 Å². The predicted octanol–water partition coefficient (Wildman–Crippen LogP) is 4.09. The molecule has 0 amide bonds. The van der Waals surface area contributed by atoms with Crippen LogP contribution in [-0.2, 0) is 13.2 Å². The van der Waals surface area contributed by atoms with E-state index in [9.17, 15) is 10.2 Å². The van der Waals surface area contributed by atoms with Gasteiger partial charge in [-0.05, 0) is 36.1 Å². The van der Waals surface area contributed by atoms with Gasteiger partial charge in [0.05, 0.1) is 38.5 Å².